The Bertz CT molecular complexity index is 569. The van der Waals surface area contributed by atoms with Gasteiger partial charge in [-0.05, 0) is 61.3 Å². The number of aromatic nitrogens is 2. The van der Waals surface area contributed by atoms with Crippen LogP contribution in [0.4, 0.5) is 0 Å². The Morgan fingerprint density at radius 2 is 1.78 bits per heavy atom. The largest absolute Gasteiger partial charge is 0.498 e. The highest BCUT2D eigenvalue weighted by molar-refractivity contribution is 6.62. The molecule has 0 saturated carbocycles. The van der Waals surface area contributed by atoms with Gasteiger partial charge in [0.2, 0.25) is 0 Å². The average Bonchev–Trinajstić information content (AvgIpc) is 2.88. The number of piperidine rings is 1. The van der Waals surface area contributed by atoms with Crippen molar-refractivity contribution in [2.24, 2.45) is 0 Å². The zero-order chi connectivity index (χ0) is 17.0. The van der Waals surface area contributed by atoms with Crippen LogP contribution in [-0.4, -0.2) is 40.2 Å². The van der Waals surface area contributed by atoms with Crippen LogP contribution in [0, 0.1) is 6.92 Å². The average molecular weight is 319 g/mol. The first-order valence-electron chi connectivity index (χ1n) is 8.67. The zero-order valence-electron chi connectivity index (χ0n) is 15.6. The van der Waals surface area contributed by atoms with Gasteiger partial charge in [-0.15, -0.1) is 0 Å². The van der Waals surface area contributed by atoms with Crippen LogP contribution in [0.2, 0.25) is 0 Å². The maximum absolute atomic E-state index is 6.17. The van der Waals surface area contributed by atoms with E-state index in [1.807, 2.05) is 6.20 Å². The second-order valence-corrected chi connectivity index (χ2v) is 8.68. The summed E-state index contributed by atoms with van der Waals surface area (Å²) in [7, 11) is -0.332. The molecule has 1 atom stereocenters. The molecule has 0 spiro atoms. The molecule has 5 nitrogen and oxygen atoms in total. The molecular formula is C17H30BN3O2. The Hall–Kier alpha value is -0.845. The number of nitrogens with one attached hydrogen (secondary N) is 1. The Morgan fingerprint density at radius 3 is 2.30 bits per heavy atom. The van der Waals surface area contributed by atoms with Crippen LogP contribution >= 0.6 is 0 Å². The van der Waals surface area contributed by atoms with Gasteiger partial charge in [-0.25, -0.2) is 0 Å². The van der Waals surface area contributed by atoms with E-state index in [2.05, 4.69) is 63.6 Å². The predicted molar refractivity (Wildman–Crippen MR) is 93.0 cm³/mol. The van der Waals surface area contributed by atoms with Crippen molar-refractivity contribution >= 4 is 12.6 Å². The van der Waals surface area contributed by atoms with Crippen molar-refractivity contribution < 1.29 is 9.31 Å². The lowest BCUT2D eigenvalue weighted by Crippen LogP contribution is -2.47. The number of hydrogen-bond acceptors (Lipinski definition) is 4. The van der Waals surface area contributed by atoms with Gasteiger partial charge in [-0.1, -0.05) is 0 Å². The summed E-state index contributed by atoms with van der Waals surface area (Å²) in [5.74, 6) is 0. The first-order valence-corrected chi connectivity index (χ1v) is 8.67. The third-order valence-electron chi connectivity index (χ3n) is 5.85. The molecule has 0 aliphatic carbocycles. The van der Waals surface area contributed by atoms with Crippen LogP contribution in [0.15, 0.2) is 6.20 Å². The second kappa shape index (κ2) is 5.33. The zero-order valence-corrected chi connectivity index (χ0v) is 15.6. The van der Waals surface area contributed by atoms with Crippen LogP contribution in [0.3, 0.4) is 0 Å². The quantitative estimate of drug-likeness (QED) is 0.849. The van der Waals surface area contributed by atoms with Crippen molar-refractivity contribution in [2.75, 3.05) is 6.54 Å². The molecule has 3 heterocycles. The minimum atomic E-state index is -0.332. The Kier molecular flexibility index (Phi) is 3.94. The number of hydrogen-bond donors (Lipinski definition) is 1. The molecule has 2 aliphatic heterocycles. The van der Waals surface area contributed by atoms with Gasteiger partial charge < -0.3 is 14.6 Å². The molecule has 23 heavy (non-hydrogen) atoms. The molecule has 1 aromatic heterocycles. The number of rotatable bonds is 2. The molecule has 0 radical (unpaired) electrons. The van der Waals surface area contributed by atoms with E-state index in [0.717, 1.165) is 30.5 Å². The lowest BCUT2D eigenvalue weighted by atomic mass is 9.79. The van der Waals surface area contributed by atoms with E-state index in [1.165, 1.54) is 0 Å². The molecule has 6 heteroatoms. The minimum Gasteiger partial charge on any atom is -0.399 e. The fourth-order valence-electron chi connectivity index (χ4n) is 3.33. The van der Waals surface area contributed by atoms with Crippen LogP contribution in [0.25, 0.3) is 0 Å². The summed E-state index contributed by atoms with van der Waals surface area (Å²) >= 11 is 0. The van der Waals surface area contributed by atoms with Crippen molar-refractivity contribution in [3.8, 4) is 0 Å². The van der Waals surface area contributed by atoms with E-state index in [0.29, 0.717) is 6.04 Å². The summed E-state index contributed by atoms with van der Waals surface area (Å²) in [4.78, 5) is 0. The molecule has 2 aliphatic rings. The van der Waals surface area contributed by atoms with Gasteiger partial charge in [0.15, 0.2) is 0 Å². The third-order valence-corrected chi connectivity index (χ3v) is 5.85. The highest BCUT2D eigenvalue weighted by Gasteiger charge is 2.52. The molecule has 0 bridgehead atoms. The maximum atomic E-state index is 6.17. The molecular weight excluding hydrogens is 289 g/mol. The first kappa shape index (κ1) is 17.0. The minimum absolute atomic E-state index is 0.228. The topological polar surface area (TPSA) is 48.3 Å². The van der Waals surface area contributed by atoms with Gasteiger partial charge in [0.1, 0.15) is 0 Å². The smallest absolute Gasteiger partial charge is 0.399 e. The maximum Gasteiger partial charge on any atom is 0.498 e. The van der Waals surface area contributed by atoms with Crippen molar-refractivity contribution in [1.82, 2.24) is 15.1 Å². The SMILES string of the molecule is Cc1c(B2OC(C)(C)C(C)(C)O2)cnn1C1CCC(C)(C)NC1. The monoisotopic (exact) mass is 319 g/mol. The number of nitrogens with zero attached hydrogens (tertiary/aromatic N) is 2. The Labute approximate surface area is 140 Å². The predicted octanol–water partition coefficient (Wildman–Crippen LogP) is 2.19. The van der Waals surface area contributed by atoms with Crippen molar-refractivity contribution in [1.29, 1.82) is 0 Å². The van der Waals surface area contributed by atoms with Gasteiger partial charge in [0, 0.05) is 29.4 Å². The summed E-state index contributed by atoms with van der Waals surface area (Å²) < 4.78 is 14.5. The van der Waals surface area contributed by atoms with Crippen LogP contribution in [-0.2, 0) is 9.31 Å². The Morgan fingerprint density at radius 1 is 1.17 bits per heavy atom. The van der Waals surface area contributed by atoms with Crippen LogP contribution in [0.1, 0.15) is 66.1 Å². The van der Waals surface area contributed by atoms with Crippen LogP contribution in [0.5, 0.6) is 0 Å². The fraction of sp³-hybridized carbons (Fsp3) is 0.824. The highest BCUT2D eigenvalue weighted by atomic mass is 16.7. The van der Waals surface area contributed by atoms with Gasteiger partial charge in [-0.2, -0.15) is 5.10 Å². The highest BCUT2D eigenvalue weighted by Crippen LogP contribution is 2.36. The van der Waals surface area contributed by atoms with E-state index in [-0.39, 0.29) is 23.9 Å². The first-order chi connectivity index (χ1) is 10.5. The van der Waals surface area contributed by atoms with Gasteiger partial charge >= 0.3 is 7.12 Å². The molecule has 128 valence electrons. The molecule has 0 aromatic carbocycles. The molecule has 3 rings (SSSR count). The van der Waals surface area contributed by atoms with Gasteiger partial charge in [0.05, 0.1) is 17.2 Å². The van der Waals surface area contributed by atoms with Gasteiger partial charge in [0.25, 0.3) is 0 Å². The molecule has 1 aromatic rings. The molecule has 1 N–H and O–H groups in total. The van der Waals surface area contributed by atoms with Crippen LogP contribution < -0.4 is 10.8 Å². The van der Waals surface area contributed by atoms with E-state index < -0.39 is 0 Å². The standard InChI is InChI=1S/C17H30BN3O2/c1-12-14(18-22-16(4,5)17(6,7)23-18)11-20-21(12)13-8-9-15(2,3)19-10-13/h11,13,19H,8-10H2,1-7H3. The Balaban J connectivity index is 1.79. The lowest BCUT2D eigenvalue weighted by Gasteiger charge is -2.36. The van der Waals surface area contributed by atoms with Crippen molar-refractivity contribution in [3.05, 3.63) is 11.9 Å². The summed E-state index contributed by atoms with van der Waals surface area (Å²) in [6.07, 6.45) is 4.21. The summed E-state index contributed by atoms with van der Waals surface area (Å²) in [6, 6.07) is 0.402. The van der Waals surface area contributed by atoms with Crippen molar-refractivity contribution in [3.63, 3.8) is 0 Å². The summed E-state index contributed by atoms with van der Waals surface area (Å²) in [6.45, 7) is 15.9. The molecule has 2 fully saturated rings. The second-order valence-electron chi connectivity index (χ2n) is 8.68. The fourth-order valence-corrected chi connectivity index (χ4v) is 3.33. The summed E-state index contributed by atoms with van der Waals surface area (Å²) in [5.41, 5.74) is 1.79. The van der Waals surface area contributed by atoms with Crippen molar-refractivity contribution in [2.45, 2.75) is 84.1 Å². The molecule has 1 unspecified atom stereocenters. The normalized spacial score (nSPS) is 29.0. The lowest BCUT2D eigenvalue weighted by molar-refractivity contribution is 0.00578. The van der Waals surface area contributed by atoms with E-state index >= 15 is 0 Å². The van der Waals surface area contributed by atoms with E-state index in [4.69, 9.17) is 9.31 Å². The van der Waals surface area contributed by atoms with Gasteiger partial charge in [-0.3, -0.25) is 4.68 Å². The molecule has 2 saturated heterocycles. The van der Waals surface area contributed by atoms with E-state index in [1.54, 1.807) is 0 Å². The molecule has 0 amide bonds. The third kappa shape index (κ3) is 2.97. The van der Waals surface area contributed by atoms with E-state index in [9.17, 15) is 0 Å². The summed E-state index contributed by atoms with van der Waals surface area (Å²) in [5, 5.41) is 8.26.